The second-order valence-electron chi connectivity index (χ2n) is 17.5. The van der Waals surface area contributed by atoms with Gasteiger partial charge in [-0.05, 0) is 83.5 Å². The van der Waals surface area contributed by atoms with Gasteiger partial charge in [0.1, 0.15) is 0 Å². The fourth-order valence-corrected chi connectivity index (χ4v) is 7.62. The first-order chi connectivity index (χ1) is 29.0. The lowest BCUT2D eigenvalue weighted by Gasteiger charge is -2.19. The van der Waals surface area contributed by atoms with E-state index in [9.17, 15) is 19.8 Å². The number of carbonyl (C=O) groups excluding carboxylic acids is 2. The normalized spacial score (nSPS) is 12.9. The molecule has 0 aliphatic carbocycles. The van der Waals surface area contributed by atoms with Crippen LogP contribution in [0.15, 0.2) is 36.5 Å². The number of carbonyl (C=O) groups is 2. The van der Waals surface area contributed by atoms with Crippen molar-refractivity contribution in [2.75, 3.05) is 13.2 Å². The Hall–Kier alpha value is -1.92. The highest BCUT2D eigenvalue weighted by Gasteiger charge is 2.18. The summed E-state index contributed by atoms with van der Waals surface area (Å²) in [7, 11) is 0. The smallest absolute Gasteiger partial charge is 0.305 e. The Labute approximate surface area is 366 Å². The maximum atomic E-state index is 12.4. The molecule has 2 atom stereocenters. The standard InChI is InChI=1S/C53H99NO5/c1-3-5-7-9-11-13-15-17-18-19-20-22-25-29-33-37-41-45-51(56)50(49-55)54-52(57)46-42-38-34-30-26-23-21-24-28-32-36-40-44-48-59-53(58)47-43-39-35-31-27-16-14-12-10-8-6-4-2/h12,14,23,26,41,45,50-51,55-56H,3-11,13,15-22,24-25,27-40,42-44,46-49H2,1-2H3,(H,54,57)/b14-12-,26-23-,45-41+. The summed E-state index contributed by atoms with van der Waals surface area (Å²) >= 11 is 0. The highest BCUT2D eigenvalue weighted by atomic mass is 16.5. The maximum Gasteiger partial charge on any atom is 0.305 e. The lowest BCUT2D eigenvalue weighted by atomic mass is 10.0. The van der Waals surface area contributed by atoms with Crippen LogP contribution in [0.5, 0.6) is 0 Å². The number of allylic oxidation sites excluding steroid dienone is 5. The second kappa shape index (κ2) is 48.7. The number of nitrogens with one attached hydrogen (secondary N) is 1. The average molecular weight is 830 g/mol. The van der Waals surface area contributed by atoms with Crippen molar-refractivity contribution in [3.8, 4) is 0 Å². The van der Waals surface area contributed by atoms with E-state index in [0.29, 0.717) is 19.4 Å². The van der Waals surface area contributed by atoms with Gasteiger partial charge in [0.2, 0.25) is 5.91 Å². The topological polar surface area (TPSA) is 95.9 Å². The molecule has 0 rings (SSSR count). The Morgan fingerprint density at radius 3 is 1.25 bits per heavy atom. The van der Waals surface area contributed by atoms with Gasteiger partial charge in [-0.3, -0.25) is 9.59 Å². The third-order valence-corrected chi connectivity index (χ3v) is 11.6. The number of unbranched alkanes of at least 4 members (excludes halogenated alkanes) is 32. The van der Waals surface area contributed by atoms with Crippen LogP contribution in [0.1, 0.15) is 264 Å². The molecule has 0 aliphatic heterocycles. The predicted molar refractivity (Wildman–Crippen MR) is 255 cm³/mol. The van der Waals surface area contributed by atoms with Crippen LogP contribution in [0.2, 0.25) is 0 Å². The summed E-state index contributed by atoms with van der Waals surface area (Å²) in [6.45, 7) is 4.83. The van der Waals surface area contributed by atoms with E-state index in [4.69, 9.17) is 4.74 Å². The molecule has 3 N–H and O–H groups in total. The van der Waals surface area contributed by atoms with Crippen LogP contribution in [-0.2, 0) is 14.3 Å². The molecule has 0 saturated heterocycles. The molecule has 0 aromatic rings. The highest BCUT2D eigenvalue weighted by molar-refractivity contribution is 5.76. The van der Waals surface area contributed by atoms with Gasteiger partial charge in [0.15, 0.2) is 0 Å². The Bertz CT molecular complexity index is 962. The molecule has 346 valence electrons. The lowest BCUT2D eigenvalue weighted by Crippen LogP contribution is -2.45. The first-order valence-electron chi connectivity index (χ1n) is 25.8. The fraction of sp³-hybridized carbons (Fsp3) is 0.849. The van der Waals surface area contributed by atoms with Crippen LogP contribution in [0, 0.1) is 0 Å². The molecule has 0 spiro atoms. The monoisotopic (exact) mass is 830 g/mol. The Morgan fingerprint density at radius 2 is 0.797 bits per heavy atom. The van der Waals surface area contributed by atoms with E-state index in [1.165, 1.54) is 167 Å². The van der Waals surface area contributed by atoms with Gasteiger partial charge in [0.05, 0.1) is 25.4 Å². The number of hydrogen-bond acceptors (Lipinski definition) is 5. The quantitative estimate of drug-likeness (QED) is 0.0323. The molecule has 0 heterocycles. The van der Waals surface area contributed by atoms with Gasteiger partial charge in [-0.1, -0.05) is 204 Å². The molecule has 6 heteroatoms. The molecule has 0 aromatic heterocycles. The van der Waals surface area contributed by atoms with E-state index in [1.54, 1.807) is 6.08 Å². The van der Waals surface area contributed by atoms with Gasteiger partial charge in [0.25, 0.3) is 0 Å². The molecular formula is C53H99NO5. The van der Waals surface area contributed by atoms with E-state index in [0.717, 1.165) is 70.6 Å². The first kappa shape index (κ1) is 57.1. The van der Waals surface area contributed by atoms with Gasteiger partial charge in [-0.25, -0.2) is 0 Å². The van der Waals surface area contributed by atoms with Crippen LogP contribution in [0.3, 0.4) is 0 Å². The minimum atomic E-state index is -0.862. The van der Waals surface area contributed by atoms with Crippen molar-refractivity contribution in [2.45, 2.75) is 276 Å². The Morgan fingerprint density at radius 1 is 0.458 bits per heavy atom. The van der Waals surface area contributed by atoms with E-state index in [-0.39, 0.29) is 18.5 Å². The van der Waals surface area contributed by atoms with Gasteiger partial charge in [0, 0.05) is 12.8 Å². The average Bonchev–Trinajstić information content (AvgIpc) is 3.24. The molecule has 59 heavy (non-hydrogen) atoms. The molecule has 0 saturated carbocycles. The van der Waals surface area contributed by atoms with Gasteiger partial charge in [-0.2, -0.15) is 0 Å². The van der Waals surface area contributed by atoms with Crippen molar-refractivity contribution in [3.05, 3.63) is 36.5 Å². The van der Waals surface area contributed by atoms with Crippen molar-refractivity contribution >= 4 is 11.9 Å². The summed E-state index contributed by atoms with van der Waals surface area (Å²) in [6.07, 6.45) is 58.5. The van der Waals surface area contributed by atoms with Gasteiger partial charge < -0.3 is 20.3 Å². The number of aliphatic hydroxyl groups is 2. The number of aliphatic hydroxyl groups excluding tert-OH is 2. The first-order valence-corrected chi connectivity index (χ1v) is 25.8. The summed E-state index contributed by atoms with van der Waals surface area (Å²) in [6, 6.07) is -0.648. The van der Waals surface area contributed by atoms with E-state index < -0.39 is 12.1 Å². The third kappa shape index (κ3) is 45.4. The van der Waals surface area contributed by atoms with Crippen molar-refractivity contribution in [2.24, 2.45) is 0 Å². The summed E-state index contributed by atoms with van der Waals surface area (Å²) in [5, 5.41) is 23.1. The Kier molecular flexibility index (Phi) is 47.2. The zero-order valence-electron chi connectivity index (χ0n) is 39.2. The highest BCUT2D eigenvalue weighted by Crippen LogP contribution is 2.15. The molecule has 2 unspecified atom stereocenters. The SMILES string of the molecule is CCCCC/C=C\CCCCCCCC(=O)OCCCCCCCC/C=C\CCCCCC(=O)NC(CO)C(O)/C=C/CCCCCCCCCCCCCCCCC. The number of hydrogen-bond donors (Lipinski definition) is 3. The van der Waals surface area contributed by atoms with Crippen LogP contribution in [0.4, 0.5) is 0 Å². The Balaban J connectivity index is 3.56. The summed E-state index contributed by atoms with van der Waals surface area (Å²) < 4.78 is 5.43. The van der Waals surface area contributed by atoms with Crippen LogP contribution >= 0.6 is 0 Å². The predicted octanol–water partition coefficient (Wildman–Crippen LogP) is 15.3. The molecule has 6 nitrogen and oxygen atoms in total. The third-order valence-electron chi connectivity index (χ3n) is 11.6. The van der Waals surface area contributed by atoms with E-state index >= 15 is 0 Å². The summed E-state index contributed by atoms with van der Waals surface area (Å²) in [5.74, 6) is -0.123. The zero-order valence-corrected chi connectivity index (χ0v) is 39.2. The van der Waals surface area contributed by atoms with Crippen molar-refractivity contribution in [1.82, 2.24) is 5.32 Å². The molecular weight excluding hydrogens is 731 g/mol. The summed E-state index contributed by atoms with van der Waals surface area (Å²) in [5.41, 5.74) is 0. The molecule has 0 bridgehead atoms. The van der Waals surface area contributed by atoms with E-state index in [2.05, 4.69) is 43.5 Å². The fourth-order valence-electron chi connectivity index (χ4n) is 7.62. The van der Waals surface area contributed by atoms with E-state index in [1.807, 2.05) is 6.08 Å². The number of rotatable bonds is 47. The maximum absolute atomic E-state index is 12.4. The largest absolute Gasteiger partial charge is 0.466 e. The van der Waals surface area contributed by atoms with Crippen LogP contribution in [-0.4, -0.2) is 47.4 Å². The number of esters is 1. The number of amides is 1. The molecule has 0 aliphatic rings. The molecule has 0 fully saturated rings. The van der Waals surface area contributed by atoms with Crippen molar-refractivity contribution < 1.29 is 24.5 Å². The second-order valence-corrected chi connectivity index (χ2v) is 17.5. The van der Waals surface area contributed by atoms with Crippen molar-refractivity contribution in [1.29, 1.82) is 0 Å². The van der Waals surface area contributed by atoms with Gasteiger partial charge in [-0.15, -0.1) is 0 Å². The lowest BCUT2D eigenvalue weighted by molar-refractivity contribution is -0.143. The minimum absolute atomic E-state index is 0.0246. The van der Waals surface area contributed by atoms with Crippen LogP contribution in [0.25, 0.3) is 0 Å². The minimum Gasteiger partial charge on any atom is -0.466 e. The van der Waals surface area contributed by atoms with Crippen molar-refractivity contribution in [3.63, 3.8) is 0 Å². The molecule has 0 aromatic carbocycles. The van der Waals surface area contributed by atoms with Crippen LogP contribution < -0.4 is 5.32 Å². The zero-order chi connectivity index (χ0) is 43.0. The number of ether oxygens (including phenoxy) is 1. The summed E-state index contributed by atoms with van der Waals surface area (Å²) in [4.78, 5) is 24.4. The molecule has 1 amide bonds. The molecule has 0 radical (unpaired) electrons. The van der Waals surface area contributed by atoms with Gasteiger partial charge >= 0.3 is 5.97 Å².